The van der Waals surface area contributed by atoms with Crippen LogP contribution >= 0.6 is 0 Å². The fourth-order valence-corrected chi connectivity index (χ4v) is 5.03. The fourth-order valence-electron chi connectivity index (χ4n) is 5.03. The van der Waals surface area contributed by atoms with Gasteiger partial charge >= 0.3 is 11.9 Å². The molecule has 2 amide bonds. The van der Waals surface area contributed by atoms with Crippen LogP contribution in [0.15, 0.2) is 79.9 Å². The number of nitrogens with one attached hydrogen (secondary N) is 2. The van der Waals surface area contributed by atoms with Crippen LogP contribution in [0.2, 0.25) is 0 Å². The Hall–Kier alpha value is -7.64. The van der Waals surface area contributed by atoms with Crippen molar-refractivity contribution in [3.63, 3.8) is 0 Å². The van der Waals surface area contributed by atoms with Gasteiger partial charge in [-0.1, -0.05) is 0 Å². The molecule has 0 radical (unpaired) electrons. The number of amides is 2. The largest absolute Gasteiger partial charge is 0.496 e. The van der Waals surface area contributed by atoms with Crippen molar-refractivity contribution >= 4 is 35.1 Å². The van der Waals surface area contributed by atoms with Gasteiger partial charge in [0.2, 0.25) is 0 Å². The highest BCUT2D eigenvalue weighted by Crippen LogP contribution is 2.33. The number of anilines is 2. The lowest BCUT2D eigenvalue weighted by molar-refractivity contribution is 0.0600. The highest BCUT2D eigenvalue weighted by atomic mass is 19.1. The Morgan fingerprint density at radius 2 is 1.35 bits per heavy atom. The Kier molecular flexibility index (Phi) is 10.5. The van der Waals surface area contributed by atoms with E-state index < -0.39 is 59.0 Å². The predicted molar refractivity (Wildman–Crippen MR) is 181 cm³/mol. The number of carboxylic acid groups (broad SMARTS) is 1. The number of methoxy groups -OCH3 is 2. The third-order valence-electron chi connectivity index (χ3n) is 7.65. The van der Waals surface area contributed by atoms with Crippen LogP contribution < -0.4 is 20.1 Å². The number of aromatic nitrogens is 8. The van der Waals surface area contributed by atoms with E-state index in [1.165, 1.54) is 56.4 Å². The number of imidazole rings is 2. The Balaban J connectivity index is 1.19. The second-order valence-corrected chi connectivity index (χ2v) is 10.9. The number of aromatic carboxylic acids is 1. The quantitative estimate of drug-likeness (QED) is 0.144. The minimum Gasteiger partial charge on any atom is -0.496 e. The number of esters is 1. The lowest BCUT2D eigenvalue weighted by atomic mass is 10.0. The lowest BCUT2D eigenvalue weighted by Crippen LogP contribution is -2.19. The molecule has 20 heteroatoms. The summed E-state index contributed by atoms with van der Waals surface area (Å²) in [6.07, 6.45) is 8.89. The molecule has 18 nitrogen and oxygen atoms in total. The summed E-state index contributed by atoms with van der Waals surface area (Å²) in [5, 5.41) is 30.3. The smallest absolute Gasteiger partial charge is 0.340 e. The van der Waals surface area contributed by atoms with E-state index in [0.29, 0.717) is 11.6 Å². The fraction of sp³-hybridized carbons (Fsp3) is 0.118. The van der Waals surface area contributed by atoms with Crippen LogP contribution in [0.1, 0.15) is 47.3 Å². The standard InChI is InChI=1S/C34H26F2N10O8/c1-52-25-15-24(40-32(48)22-4-6-28(44-42-22)46-11-9-38-17-46)29(33(49)50)30(36)18(25)7-12-54-26-14-23(19(13-20(26)35)34(51)53-2)39-31(47)21-3-5-27(43-41-21)45-10-8-37-16-45/h3-6,8-11,13-17H,7,12H2,1-2H3,(H,39,47)(H,40,48)(H,49,50). The third-order valence-corrected chi connectivity index (χ3v) is 7.65. The van der Waals surface area contributed by atoms with Crippen molar-refractivity contribution in [3.05, 3.63) is 120 Å². The van der Waals surface area contributed by atoms with Crippen LogP contribution in [0.25, 0.3) is 11.6 Å². The van der Waals surface area contributed by atoms with Crippen molar-refractivity contribution in [1.29, 1.82) is 0 Å². The van der Waals surface area contributed by atoms with E-state index in [4.69, 9.17) is 14.2 Å². The van der Waals surface area contributed by atoms with E-state index in [2.05, 4.69) is 41.0 Å². The second kappa shape index (κ2) is 15.7. The molecule has 54 heavy (non-hydrogen) atoms. The number of hydrogen-bond donors (Lipinski definition) is 3. The average Bonchev–Trinajstić information content (AvgIpc) is 3.92. The molecule has 6 aromatic rings. The van der Waals surface area contributed by atoms with Crippen molar-refractivity contribution in [2.24, 2.45) is 0 Å². The maximum atomic E-state index is 15.9. The van der Waals surface area contributed by atoms with Crippen molar-refractivity contribution in [2.45, 2.75) is 6.42 Å². The molecule has 274 valence electrons. The van der Waals surface area contributed by atoms with Gasteiger partial charge in [-0.3, -0.25) is 18.7 Å². The van der Waals surface area contributed by atoms with E-state index in [1.807, 2.05) is 0 Å². The lowest BCUT2D eigenvalue weighted by Gasteiger charge is -2.17. The zero-order valence-corrected chi connectivity index (χ0v) is 28.1. The van der Waals surface area contributed by atoms with Gasteiger partial charge in [0.15, 0.2) is 34.6 Å². The molecule has 0 saturated carbocycles. The first-order valence-electron chi connectivity index (χ1n) is 15.5. The number of ether oxygens (including phenoxy) is 3. The molecule has 0 saturated heterocycles. The highest BCUT2D eigenvalue weighted by Gasteiger charge is 2.26. The van der Waals surface area contributed by atoms with E-state index in [1.54, 1.807) is 21.5 Å². The normalized spacial score (nSPS) is 10.7. The molecule has 0 aliphatic heterocycles. The van der Waals surface area contributed by atoms with Gasteiger partial charge in [0.1, 0.15) is 29.8 Å². The number of carbonyl (C=O) groups is 4. The number of benzene rings is 2. The maximum absolute atomic E-state index is 15.9. The van der Waals surface area contributed by atoms with Gasteiger partial charge in [-0.2, -0.15) is 0 Å². The van der Waals surface area contributed by atoms with Crippen LogP contribution in [0.4, 0.5) is 20.2 Å². The third kappa shape index (κ3) is 7.66. The van der Waals surface area contributed by atoms with Gasteiger partial charge < -0.3 is 30.0 Å². The molecule has 0 spiro atoms. The summed E-state index contributed by atoms with van der Waals surface area (Å²) < 4.78 is 49.7. The van der Waals surface area contributed by atoms with Gasteiger partial charge in [0, 0.05) is 48.9 Å². The molecule has 2 aromatic carbocycles. The van der Waals surface area contributed by atoms with Crippen LogP contribution in [0.3, 0.4) is 0 Å². The van der Waals surface area contributed by atoms with Crippen LogP contribution in [-0.2, 0) is 11.2 Å². The van der Waals surface area contributed by atoms with E-state index in [9.17, 15) is 24.3 Å². The van der Waals surface area contributed by atoms with Crippen molar-refractivity contribution in [1.82, 2.24) is 39.5 Å². The molecule has 0 unspecified atom stereocenters. The number of rotatable bonds is 13. The van der Waals surface area contributed by atoms with E-state index >= 15 is 8.78 Å². The highest BCUT2D eigenvalue weighted by molar-refractivity contribution is 6.08. The molecule has 4 heterocycles. The maximum Gasteiger partial charge on any atom is 0.340 e. The first-order chi connectivity index (χ1) is 26.1. The van der Waals surface area contributed by atoms with Crippen LogP contribution in [0, 0.1) is 11.6 Å². The Bertz CT molecular complexity index is 2340. The number of carboxylic acids is 1. The Morgan fingerprint density at radius 1 is 0.778 bits per heavy atom. The summed E-state index contributed by atoms with van der Waals surface area (Å²) in [6.45, 7) is -0.444. The van der Waals surface area contributed by atoms with Gasteiger partial charge in [-0.25, -0.2) is 28.3 Å². The number of hydrogen-bond acceptors (Lipinski definition) is 13. The molecule has 0 aliphatic carbocycles. The van der Waals surface area contributed by atoms with E-state index in [-0.39, 0.29) is 40.4 Å². The molecule has 3 N–H and O–H groups in total. The topological polar surface area (TPSA) is 227 Å². The van der Waals surface area contributed by atoms with E-state index in [0.717, 1.165) is 25.3 Å². The number of halogens is 2. The SMILES string of the molecule is COC(=O)c1cc(F)c(OCCc2c(OC)cc(NC(=O)c3ccc(-n4ccnc4)nn3)c(C(=O)O)c2F)cc1NC(=O)c1ccc(-n2ccnc2)nn1. The minimum absolute atomic E-state index is 0.144. The number of nitrogens with zero attached hydrogens (tertiary/aromatic N) is 8. The first-order valence-corrected chi connectivity index (χ1v) is 15.5. The molecule has 6 rings (SSSR count). The molecule has 0 fully saturated rings. The van der Waals surface area contributed by atoms with Crippen molar-refractivity contribution < 1.29 is 47.3 Å². The van der Waals surface area contributed by atoms with Crippen molar-refractivity contribution in [2.75, 3.05) is 31.5 Å². The zero-order chi connectivity index (χ0) is 38.4. The van der Waals surface area contributed by atoms with Crippen LogP contribution in [0.5, 0.6) is 11.5 Å². The number of carbonyl (C=O) groups excluding carboxylic acids is 3. The molecular formula is C34H26F2N10O8. The Labute approximate surface area is 302 Å². The molecule has 0 atom stereocenters. The minimum atomic E-state index is -1.71. The summed E-state index contributed by atoms with van der Waals surface area (Å²) in [4.78, 5) is 58.5. The monoisotopic (exact) mass is 740 g/mol. The second-order valence-electron chi connectivity index (χ2n) is 10.9. The first kappa shape index (κ1) is 36.2. The van der Waals surface area contributed by atoms with Gasteiger partial charge in [-0.05, 0) is 30.3 Å². The van der Waals surface area contributed by atoms with Crippen LogP contribution in [-0.4, -0.2) is 89.2 Å². The van der Waals surface area contributed by atoms with Gasteiger partial charge in [0.25, 0.3) is 11.8 Å². The molecule has 0 bridgehead atoms. The summed E-state index contributed by atoms with van der Waals surface area (Å²) in [6, 6.07) is 8.59. The molecule has 0 aliphatic rings. The average molecular weight is 741 g/mol. The van der Waals surface area contributed by atoms with Crippen molar-refractivity contribution in [3.8, 4) is 23.1 Å². The summed E-state index contributed by atoms with van der Waals surface area (Å²) >= 11 is 0. The molecule has 4 aromatic heterocycles. The van der Waals surface area contributed by atoms with Gasteiger partial charge in [0.05, 0.1) is 37.8 Å². The summed E-state index contributed by atoms with van der Waals surface area (Å²) in [7, 11) is 2.26. The summed E-state index contributed by atoms with van der Waals surface area (Å²) in [5.41, 5.74) is -2.49. The zero-order valence-electron chi connectivity index (χ0n) is 28.1. The Morgan fingerprint density at radius 3 is 1.83 bits per heavy atom. The predicted octanol–water partition coefficient (Wildman–Crippen LogP) is 3.54. The molecular weight excluding hydrogens is 714 g/mol. The summed E-state index contributed by atoms with van der Waals surface area (Å²) in [5.74, 6) is -6.54. The van der Waals surface area contributed by atoms with Gasteiger partial charge in [-0.15, -0.1) is 20.4 Å².